The highest BCUT2D eigenvalue weighted by Gasteiger charge is 2.60. The Morgan fingerprint density at radius 1 is 0.971 bits per heavy atom. The number of benzene rings is 2. The Balaban J connectivity index is 2.17. The van der Waals surface area contributed by atoms with Gasteiger partial charge in [-0.1, -0.05) is 95.3 Å². The van der Waals surface area contributed by atoms with Gasteiger partial charge in [-0.25, -0.2) is 9.69 Å². The molecule has 1 aliphatic heterocycles. The third-order valence-corrected chi connectivity index (χ3v) is 7.18. The Hall–Kier alpha value is -3.22. The molecule has 0 N–H and O–H groups in total. The molecule has 1 unspecified atom stereocenters. The summed E-state index contributed by atoms with van der Waals surface area (Å²) in [6.45, 7) is 11.1. The second-order valence-electron chi connectivity index (χ2n) is 10.4. The summed E-state index contributed by atoms with van der Waals surface area (Å²) in [7, 11) is 0. The van der Waals surface area contributed by atoms with E-state index in [9.17, 15) is 19.7 Å². The van der Waals surface area contributed by atoms with Crippen LogP contribution >= 0.6 is 0 Å². The van der Waals surface area contributed by atoms with Crippen LogP contribution < -0.4 is 0 Å². The molecule has 7 nitrogen and oxygen atoms in total. The minimum atomic E-state index is -1.19. The highest BCUT2D eigenvalue weighted by Crippen LogP contribution is 2.48. The standard InChI is InChI=1S/C28H36N2O5/c1-18(2)17-24(20(5)21(6)30(33)34)26(31)29-25(19(3)4)28(35-27(29)32,22-13-9-7-10-14-22)23-15-11-8-12-16-23/h7-16,18-21,24-25H,17H2,1-6H3/t20-,21?,24+,25-/m0/s1. The van der Waals surface area contributed by atoms with Gasteiger partial charge in [0.25, 0.3) is 0 Å². The molecule has 1 saturated heterocycles. The summed E-state index contributed by atoms with van der Waals surface area (Å²) in [5.74, 6) is -1.67. The van der Waals surface area contributed by atoms with Crippen LogP contribution in [0, 0.1) is 33.8 Å². The highest BCUT2D eigenvalue weighted by molar-refractivity contribution is 5.96. The van der Waals surface area contributed by atoms with Gasteiger partial charge < -0.3 is 4.74 Å². The van der Waals surface area contributed by atoms with Crippen molar-refractivity contribution in [2.24, 2.45) is 23.7 Å². The zero-order chi connectivity index (χ0) is 25.9. The molecule has 35 heavy (non-hydrogen) atoms. The predicted octanol–water partition coefficient (Wildman–Crippen LogP) is 5.90. The average Bonchev–Trinajstić information content (AvgIpc) is 3.16. The van der Waals surface area contributed by atoms with E-state index in [2.05, 4.69) is 0 Å². The number of carbonyl (C=O) groups is 2. The number of amides is 2. The summed E-state index contributed by atoms with van der Waals surface area (Å²) in [5.41, 5.74) is 0.366. The second-order valence-corrected chi connectivity index (χ2v) is 10.4. The van der Waals surface area contributed by atoms with Crippen LogP contribution in [-0.2, 0) is 15.1 Å². The molecule has 2 aromatic carbocycles. The number of hydrogen-bond donors (Lipinski definition) is 0. The van der Waals surface area contributed by atoms with Crippen molar-refractivity contribution in [3.63, 3.8) is 0 Å². The van der Waals surface area contributed by atoms with E-state index in [0.29, 0.717) is 6.42 Å². The first kappa shape index (κ1) is 26.4. The Morgan fingerprint density at radius 3 is 1.86 bits per heavy atom. The molecular weight excluding hydrogens is 444 g/mol. The van der Waals surface area contributed by atoms with Gasteiger partial charge in [0.1, 0.15) is 0 Å². The van der Waals surface area contributed by atoms with E-state index in [0.717, 1.165) is 11.1 Å². The number of ether oxygens (including phenoxy) is 1. The maximum Gasteiger partial charge on any atom is 0.418 e. The van der Waals surface area contributed by atoms with Gasteiger partial charge in [0, 0.05) is 34.8 Å². The maximum absolute atomic E-state index is 14.1. The van der Waals surface area contributed by atoms with Gasteiger partial charge in [0.05, 0.1) is 6.04 Å². The molecule has 0 bridgehead atoms. The molecule has 2 amide bonds. The summed E-state index contributed by atoms with van der Waals surface area (Å²) >= 11 is 0. The Morgan fingerprint density at radius 2 is 1.46 bits per heavy atom. The molecular formula is C28H36N2O5. The average molecular weight is 481 g/mol. The van der Waals surface area contributed by atoms with Crippen LogP contribution in [0.5, 0.6) is 0 Å². The highest BCUT2D eigenvalue weighted by atomic mass is 16.6. The van der Waals surface area contributed by atoms with E-state index < -0.39 is 41.5 Å². The lowest BCUT2D eigenvalue weighted by Crippen LogP contribution is -2.52. The van der Waals surface area contributed by atoms with Gasteiger partial charge >= 0.3 is 6.09 Å². The number of nitrogens with zero attached hydrogens (tertiary/aromatic N) is 2. The topological polar surface area (TPSA) is 89.8 Å². The number of rotatable bonds is 9. The maximum atomic E-state index is 14.1. The van der Waals surface area contributed by atoms with Gasteiger partial charge in [-0.15, -0.1) is 0 Å². The quantitative estimate of drug-likeness (QED) is 0.329. The van der Waals surface area contributed by atoms with E-state index in [4.69, 9.17) is 4.74 Å². The Kier molecular flexibility index (Phi) is 7.98. The first-order chi connectivity index (χ1) is 16.5. The third-order valence-electron chi connectivity index (χ3n) is 7.18. The Labute approximate surface area is 207 Å². The van der Waals surface area contributed by atoms with E-state index >= 15 is 0 Å². The number of nitro groups is 1. The zero-order valence-corrected chi connectivity index (χ0v) is 21.4. The molecule has 0 saturated carbocycles. The van der Waals surface area contributed by atoms with E-state index in [1.54, 1.807) is 6.92 Å². The lowest BCUT2D eigenvalue weighted by Gasteiger charge is -2.38. The minimum absolute atomic E-state index is 0.120. The summed E-state index contributed by atoms with van der Waals surface area (Å²) in [6, 6.07) is 17.4. The fourth-order valence-corrected chi connectivity index (χ4v) is 5.29. The summed E-state index contributed by atoms with van der Waals surface area (Å²) in [5, 5.41) is 11.6. The van der Waals surface area contributed by atoms with Crippen molar-refractivity contribution in [3.05, 3.63) is 81.9 Å². The summed E-state index contributed by atoms with van der Waals surface area (Å²) < 4.78 is 6.20. The normalized spacial score (nSPS) is 19.9. The Bertz CT molecular complexity index is 998. The van der Waals surface area contributed by atoms with Crippen molar-refractivity contribution in [2.75, 3.05) is 0 Å². The first-order valence-corrected chi connectivity index (χ1v) is 12.3. The molecule has 7 heteroatoms. The van der Waals surface area contributed by atoms with Crippen LogP contribution in [0.4, 0.5) is 4.79 Å². The molecule has 3 rings (SSSR count). The second kappa shape index (κ2) is 10.6. The van der Waals surface area contributed by atoms with Crippen molar-refractivity contribution in [2.45, 2.75) is 65.6 Å². The molecule has 0 aliphatic carbocycles. The summed E-state index contributed by atoms with van der Waals surface area (Å²) in [4.78, 5) is 40.2. The van der Waals surface area contributed by atoms with Crippen LogP contribution in [0.2, 0.25) is 0 Å². The molecule has 1 aliphatic rings. The van der Waals surface area contributed by atoms with Gasteiger partial charge in [-0.2, -0.15) is 0 Å². The van der Waals surface area contributed by atoms with E-state index in [1.165, 1.54) is 11.8 Å². The molecule has 1 fully saturated rings. The molecule has 0 radical (unpaired) electrons. The molecule has 1 heterocycles. The molecule has 0 aromatic heterocycles. The van der Waals surface area contributed by atoms with Crippen molar-refractivity contribution >= 4 is 12.0 Å². The minimum Gasteiger partial charge on any atom is -0.430 e. The molecule has 0 spiro atoms. The van der Waals surface area contributed by atoms with Crippen LogP contribution in [0.1, 0.15) is 59.1 Å². The zero-order valence-electron chi connectivity index (χ0n) is 21.4. The van der Waals surface area contributed by atoms with Crippen LogP contribution in [0.15, 0.2) is 60.7 Å². The van der Waals surface area contributed by atoms with Crippen LogP contribution in [0.3, 0.4) is 0 Å². The fourth-order valence-electron chi connectivity index (χ4n) is 5.29. The molecule has 188 valence electrons. The van der Waals surface area contributed by atoms with Crippen molar-refractivity contribution in [3.8, 4) is 0 Å². The largest absolute Gasteiger partial charge is 0.430 e. The number of carbonyl (C=O) groups excluding carboxylic acids is 2. The van der Waals surface area contributed by atoms with Gasteiger partial charge in [-0.3, -0.25) is 14.9 Å². The lowest BCUT2D eigenvalue weighted by atomic mass is 9.75. The summed E-state index contributed by atoms with van der Waals surface area (Å²) in [6.07, 6.45) is -0.271. The first-order valence-electron chi connectivity index (χ1n) is 12.3. The number of cyclic esters (lactones) is 1. The fraction of sp³-hybridized carbons (Fsp3) is 0.500. The van der Waals surface area contributed by atoms with Crippen LogP contribution in [0.25, 0.3) is 0 Å². The molecule has 4 atom stereocenters. The predicted molar refractivity (Wildman–Crippen MR) is 134 cm³/mol. The smallest absolute Gasteiger partial charge is 0.418 e. The van der Waals surface area contributed by atoms with Gasteiger partial charge in [0.15, 0.2) is 5.60 Å². The van der Waals surface area contributed by atoms with E-state index in [1.807, 2.05) is 88.4 Å². The lowest BCUT2D eigenvalue weighted by molar-refractivity contribution is -0.528. The van der Waals surface area contributed by atoms with Gasteiger partial charge in [0.2, 0.25) is 11.9 Å². The SMILES string of the molecule is CC(C)C[C@@H](C(=O)N1C(=O)OC(c2ccccc2)(c2ccccc2)[C@@H]1C(C)C)[C@@H](C)C(C)[N+](=O)[O-]. The number of hydrogen-bond acceptors (Lipinski definition) is 5. The molecule has 2 aromatic rings. The van der Waals surface area contributed by atoms with Crippen molar-refractivity contribution in [1.29, 1.82) is 0 Å². The third kappa shape index (κ3) is 4.95. The monoisotopic (exact) mass is 480 g/mol. The van der Waals surface area contributed by atoms with Crippen LogP contribution in [-0.4, -0.2) is 33.9 Å². The number of imide groups is 1. The van der Waals surface area contributed by atoms with Crippen molar-refractivity contribution < 1.29 is 19.2 Å². The van der Waals surface area contributed by atoms with E-state index in [-0.39, 0.29) is 16.8 Å². The van der Waals surface area contributed by atoms with Gasteiger partial charge in [-0.05, 0) is 18.3 Å². The van der Waals surface area contributed by atoms with Crippen molar-refractivity contribution in [1.82, 2.24) is 4.90 Å².